The van der Waals surface area contributed by atoms with Crippen molar-refractivity contribution in [2.45, 2.75) is 0 Å². The fraction of sp³-hybridized carbons (Fsp3) is 0. The molecule has 0 heterocycles. The van der Waals surface area contributed by atoms with E-state index in [1.54, 1.807) is 12.1 Å². The van der Waals surface area contributed by atoms with Crippen LogP contribution in [0.5, 0.6) is 0 Å². The Morgan fingerprint density at radius 1 is 0.762 bits per heavy atom. The summed E-state index contributed by atoms with van der Waals surface area (Å²) in [5, 5.41) is 0.655. The van der Waals surface area contributed by atoms with Crippen LogP contribution in [0.1, 0.15) is 5.56 Å². The molecule has 0 spiro atoms. The Balaban J connectivity index is 2.15. The third kappa shape index (κ3) is 2.71. The molecule has 0 N–H and O–H groups in total. The molecule has 102 valence electrons. The van der Waals surface area contributed by atoms with E-state index in [4.69, 9.17) is 11.6 Å². The summed E-state index contributed by atoms with van der Waals surface area (Å²) in [6.45, 7) is 0. The molecule has 3 rings (SSSR count). The third-order valence-electron chi connectivity index (χ3n) is 3.32. The van der Waals surface area contributed by atoms with Gasteiger partial charge < -0.3 is 0 Å². The molecular formula is C18H11ClO2. The molecule has 2 nitrogen and oxygen atoms in total. The van der Waals surface area contributed by atoms with Crippen LogP contribution in [0, 0.1) is 0 Å². The largest absolute Gasteiger partial charge is 0.290 e. The molecule has 1 aliphatic rings. The predicted octanol–water partition coefficient (Wildman–Crippen LogP) is 4.10. The van der Waals surface area contributed by atoms with Gasteiger partial charge in [-0.15, -0.1) is 0 Å². The fourth-order valence-electron chi connectivity index (χ4n) is 2.32. The molecule has 3 heteroatoms. The van der Waals surface area contributed by atoms with Crippen LogP contribution in [0.15, 0.2) is 66.8 Å². The maximum atomic E-state index is 12.0. The summed E-state index contributed by atoms with van der Waals surface area (Å²) in [7, 11) is 0. The lowest BCUT2D eigenvalue weighted by Gasteiger charge is -2.13. The van der Waals surface area contributed by atoms with E-state index >= 15 is 0 Å². The van der Waals surface area contributed by atoms with Crippen LogP contribution in [0.2, 0.25) is 5.02 Å². The summed E-state index contributed by atoms with van der Waals surface area (Å²) in [5.74, 6) is -0.327. The third-order valence-corrected chi connectivity index (χ3v) is 3.58. The highest BCUT2D eigenvalue weighted by Crippen LogP contribution is 2.31. The van der Waals surface area contributed by atoms with Crippen molar-refractivity contribution in [3.05, 3.63) is 77.3 Å². The van der Waals surface area contributed by atoms with Crippen LogP contribution >= 0.6 is 11.6 Å². The molecule has 1 aliphatic carbocycles. The van der Waals surface area contributed by atoms with Crippen LogP contribution < -0.4 is 0 Å². The highest BCUT2D eigenvalue weighted by Gasteiger charge is 2.18. The van der Waals surface area contributed by atoms with Crippen LogP contribution in [-0.2, 0) is 9.59 Å². The normalized spacial score (nSPS) is 14.2. The number of hydrogen-bond donors (Lipinski definition) is 0. The summed E-state index contributed by atoms with van der Waals surface area (Å²) in [4.78, 5) is 23.6. The Hall–Kier alpha value is -2.45. The Bertz CT molecular complexity index is 783. The van der Waals surface area contributed by atoms with Crippen LogP contribution in [0.3, 0.4) is 0 Å². The summed E-state index contributed by atoms with van der Waals surface area (Å²) in [6, 6.07) is 14.9. The van der Waals surface area contributed by atoms with E-state index in [1.165, 1.54) is 18.2 Å². The van der Waals surface area contributed by atoms with Crippen molar-refractivity contribution in [3.63, 3.8) is 0 Å². The van der Waals surface area contributed by atoms with Crippen molar-refractivity contribution in [3.8, 4) is 11.1 Å². The number of hydrogen-bond acceptors (Lipinski definition) is 2. The molecule has 0 fully saturated rings. The van der Waals surface area contributed by atoms with E-state index < -0.39 is 0 Å². The fourth-order valence-corrected chi connectivity index (χ4v) is 2.44. The van der Waals surface area contributed by atoms with Gasteiger partial charge in [-0.1, -0.05) is 48.0 Å². The van der Waals surface area contributed by atoms with Crippen molar-refractivity contribution in [1.82, 2.24) is 0 Å². The van der Waals surface area contributed by atoms with E-state index in [-0.39, 0.29) is 11.6 Å². The minimum absolute atomic E-state index is 0.156. The number of halogens is 1. The Kier molecular flexibility index (Phi) is 3.55. The smallest absolute Gasteiger partial charge is 0.186 e. The monoisotopic (exact) mass is 294 g/mol. The van der Waals surface area contributed by atoms with Gasteiger partial charge in [-0.3, -0.25) is 9.59 Å². The molecule has 0 radical (unpaired) electrons. The topological polar surface area (TPSA) is 34.1 Å². The highest BCUT2D eigenvalue weighted by atomic mass is 35.5. The first-order chi connectivity index (χ1) is 10.1. The molecule has 0 atom stereocenters. The van der Waals surface area contributed by atoms with E-state index in [1.807, 2.05) is 36.4 Å². The van der Waals surface area contributed by atoms with E-state index in [9.17, 15) is 9.59 Å². The van der Waals surface area contributed by atoms with Crippen molar-refractivity contribution in [2.75, 3.05) is 0 Å². The van der Waals surface area contributed by atoms with Crippen LogP contribution in [0.4, 0.5) is 0 Å². The molecule has 2 aromatic carbocycles. The van der Waals surface area contributed by atoms with E-state index in [0.29, 0.717) is 10.6 Å². The Morgan fingerprint density at radius 2 is 1.43 bits per heavy atom. The number of carbonyl (C=O) groups is 2. The van der Waals surface area contributed by atoms with Gasteiger partial charge in [-0.05, 0) is 47.1 Å². The van der Waals surface area contributed by atoms with Crippen molar-refractivity contribution in [1.29, 1.82) is 0 Å². The Labute approximate surface area is 127 Å². The maximum Gasteiger partial charge on any atom is 0.186 e. The van der Waals surface area contributed by atoms with Gasteiger partial charge in [0.15, 0.2) is 11.6 Å². The van der Waals surface area contributed by atoms with Crippen LogP contribution in [0.25, 0.3) is 16.7 Å². The summed E-state index contributed by atoms with van der Waals surface area (Å²) in [5.41, 5.74) is 3.03. The van der Waals surface area contributed by atoms with Gasteiger partial charge >= 0.3 is 0 Å². The van der Waals surface area contributed by atoms with Gasteiger partial charge in [0, 0.05) is 10.6 Å². The van der Waals surface area contributed by atoms with E-state index in [2.05, 4.69) is 0 Å². The minimum Gasteiger partial charge on any atom is -0.290 e. The standard InChI is InChI=1S/C18H11ClO2/c19-13-7-5-12(6-8-13)15-3-1-2-4-16(15)17-11-14(20)9-10-18(17)21/h1-11H. The van der Waals surface area contributed by atoms with Crippen molar-refractivity contribution >= 4 is 28.7 Å². The molecule has 0 bridgehead atoms. The summed E-state index contributed by atoms with van der Waals surface area (Å²) < 4.78 is 0. The maximum absolute atomic E-state index is 12.0. The lowest BCUT2D eigenvalue weighted by Crippen LogP contribution is -2.07. The lowest BCUT2D eigenvalue weighted by molar-refractivity contribution is -0.113. The first kappa shape index (κ1) is 13.5. The van der Waals surface area contributed by atoms with E-state index in [0.717, 1.165) is 16.7 Å². The zero-order chi connectivity index (χ0) is 14.8. The second kappa shape index (κ2) is 5.51. The quantitative estimate of drug-likeness (QED) is 0.782. The highest BCUT2D eigenvalue weighted by molar-refractivity contribution is 6.34. The van der Waals surface area contributed by atoms with Gasteiger partial charge in [0.1, 0.15) is 0 Å². The van der Waals surface area contributed by atoms with Crippen molar-refractivity contribution < 1.29 is 9.59 Å². The number of allylic oxidation sites excluding steroid dienone is 4. The second-order valence-corrected chi connectivity index (χ2v) is 5.15. The van der Waals surface area contributed by atoms with Gasteiger partial charge in [-0.2, -0.15) is 0 Å². The molecule has 0 aromatic heterocycles. The van der Waals surface area contributed by atoms with Gasteiger partial charge in [-0.25, -0.2) is 0 Å². The second-order valence-electron chi connectivity index (χ2n) is 4.71. The molecule has 0 saturated carbocycles. The zero-order valence-electron chi connectivity index (χ0n) is 11.0. The molecule has 0 aliphatic heterocycles. The first-order valence-electron chi connectivity index (χ1n) is 6.48. The molecule has 0 saturated heterocycles. The summed E-state index contributed by atoms with van der Waals surface area (Å²) >= 11 is 5.91. The lowest BCUT2D eigenvalue weighted by atomic mass is 9.90. The number of rotatable bonds is 2. The minimum atomic E-state index is -0.171. The van der Waals surface area contributed by atoms with Gasteiger partial charge in [0.05, 0.1) is 0 Å². The number of ketones is 2. The SMILES string of the molecule is O=C1C=CC(=O)C(c2ccccc2-c2ccc(Cl)cc2)=C1. The average Bonchev–Trinajstić information content (AvgIpc) is 2.51. The first-order valence-corrected chi connectivity index (χ1v) is 6.86. The average molecular weight is 295 g/mol. The van der Waals surface area contributed by atoms with Crippen molar-refractivity contribution in [2.24, 2.45) is 0 Å². The molecular weight excluding hydrogens is 284 g/mol. The molecule has 2 aromatic rings. The Morgan fingerprint density at radius 3 is 2.14 bits per heavy atom. The molecule has 0 unspecified atom stereocenters. The number of carbonyl (C=O) groups excluding carboxylic acids is 2. The zero-order valence-corrected chi connectivity index (χ0v) is 11.8. The molecule has 0 amide bonds. The predicted molar refractivity (Wildman–Crippen MR) is 84.0 cm³/mol. The van der Waals surface area contributed by atoms with Crippen LogP contribution in [-0.4, -0.2) is 11.6 Å². The summed E-state index contributed by atoms with van der Waals surface area (Å²) in [6.07, 6.45) is 3.99. The van der Waals surface area contributed by atoms with Gasteiger partial charge in [0.2, 0.25) is 0 Å². The molecule has 21 heavy (non-hydrogen) atoms. The van der Waals surface area contributed by atoms with Gasteiger partial charge in [0.25, 0.3) is 0 Å². The number of benzene rings is 2.